The Morgan fingerprint density at radius 1 is 1.38 bits per heavy atom. The molecule has 0 radical (unpaired) electrons. The van der Waals surface area contributed by atoms with Gasteiger partial charge in [-0.2, -0.15) is 0 Å². The number of carbonyl (C=O) groups is 1. The summed E-state index contributed by atoms with van der Waals surface area (Å²) in [5.74, 6) is 0.389. The lowest BCUT2D eigenvalue weighted by Gasteiger charge is -2.08. The first-order valence-corrected chi connectivity index (χ1v) is 5.46. The average Bonchev–Trinajstić information content (AvgIpc) is 2.25. The molecule has 4 nitrogen and oxygen atoms in total. The van der Waals surface area contributed by atoms with Gasteiger partial charge in [0.15, 0.2) is 6.61 Å². The van der Waals surface area contributed by atoms with E-state index in [0.29, 0.717) is 11.4 Å². The van der Waals surface area contributed by atoms with Crippen LogP contribution in [0.4, 0.5) is 0 Å². The van der Waals surface area contributed by atoms with E-state index in [1.807, 2.05) is 12.1 Å². The molecule has 16 heavy (non-hydrogen) atoms. The normalized spacial score (nSPS) is 9.38. The molecule has 0 heterocycles. The molecule has 1 rings (SSSR count). The summed E-state index contributed by atoms with van der Waals surface area (Å²) in [5.41, 5.74) is 5.71. The highest BCUT2D eigenvalue weighted by molar-refractivity contribution is 9.10. The zero-order valence-corrected chi connectivity index (χ0v) is 10.5. The number of carbonyl (C=O) groups excluding carboxylic acids is 1. The van der Waals surface area contributed by atoms with Crippen molar-refractivity contribution in [3.8, 4) is 5.75 Å². The van der Waals surface area contributed by atoms with E-state index in [1.165, 1.54) is 0 Å². The number of hydrogen-bond acceptors (Lipinski definition) is 3. The molecule has 0 saturated heterocycles. The second kappa shape index (κ2) is 6.17. The van der Waals surface area contributed by atoms with Gasteiger partial charge in [-0.15, -0.1) is 0 Å². The minimum absolute atomic E-state index is 0.0398. The van der Waals surface area contributed by atoms with Crippen LogP contribution < -0.4 is 15.6 Å². The van der Waals surface area contributed by atoms with Crippen LogP contribution >= 0.6 is 15.9 Å². The Balaban J connectivity index is 2.31. The van der Waals surface area contributed by atoms with Gasteiger partial charge >= 0.3 is 0 Å². The molecule has 0 aromatic heterocycles. The van der Waals surface area contributed by atoms with Crippen LogP contribution in [0.25, 0.3) is 0 Å². The van der Waals surface area contributed by atoms with Crippen LogP contribution in [0.2, 0.25) is 0 Å². The molecule has 0 aliphatic heterocycles. The van der Waals surface area contributed by atoms with Gasteiger partial charge in [-0.05, 0) is 31.2 Å². The third-order valence-corrected chi connectivity index (χ3v) is 2.13. The summed E-state index contributed by atoms with van der Waals surface area (Å²) in [5, 5.41) is 0. The largest absolute Gasteiger partial charge is 0.484 e. The molecule has 0 aliphatic rings. The first kappa shape index (κ1) is 12.6. The summed E-state index contributed by atoms with van der Waals surface area (Å²) >= 11 is 3.31. The third-order valence-electron chi connectivity index (χ3n) is 1.60. The Kier molecular flexibility index (Phi) is 4.85. The number of ether oxygens (including phenoxy) is 1. The number of halogens is 1. The van der Waals surface area contributed by atoms with Gasteiger partial charge in [-0.1, -0.05) is 22.5 Å². The molecular formula is C11H13BrN2O2. The predicted octanol–water partition coefficient (Wildman–Crippen LogP) is 1.98. The van der Waals surface area contributed by atoms with Crippen molar-refractivity contribution in [2.45, 2.75) is 6.92 Å². The van der Waals surface area contributed by atoms with Gasteiger partial charge in [0.25, 0.3) is 5.91 Å². The van der Waals surface area contributed by atoms with E-state index in [2.05, 4.69) is 33.4 Å². The van der Waals surface area contributed by atoms with Gasteiger partial charge in [0.2, 0.25) is 0 Å². The molecule has 0 spiro atoms. The van der Waals surface area contributed by atoms with Crippen molar-refractivity contribution in [3.63, 3.8) is 0 Å². The monoisotopic (exact) mass is 284 g/mol. The van der Waals surface area contributed by atoms with Crippen molar-refractivity contribution in [1.29, 1.82) is 0 Å². The Morgan fingerprint density at radius 3 is 2.56 bits per heavy atom. The quantitative estimate of drug-likeness (QED) is 0.813. The maximum absolute atomic E-state index is 11.2. The van der Waals surface area contributed by atoms with Gasteiger partial charge in [0.05, 0.1) is 0 Å². The van der Waals surface area contributed by atoms with Crippen molar-refractivity contribution in [3.05, 3.63) is 41.0 Å². The molecule has 5 heteroatoms. The molecule has 1 amide bonds. The third kappa shape index (κ3) is 4.84. The lowest BCUT2D eigenvalue weighted by Crippen LogP contribution is -2.38. The van der Waals surface area contributed by atoms with Crippen LogP contribution in [-0.4, -0.2) is 12.5 Å². The van der Waals surface area contributed by atoms with Crippen LogP contribution in [0.3, 0.4) is 0 Å². The summed E-state index contributed by atoms with van der Waals surface area (Å²) in [6.07, 6.45) is 0. The number of benzene rings is 1. The summed E-state index contributed by atoms with van der Waals surface area (Å²) in [6, 6.07) is 7.26. The summed E-state index contributed by atoms with van der Waals surface area (Å²) in [7, 11) is 0. The van der Waals surface area contributed by atoms with E-state index < -0.39 is 0 Å². The van der Waals surface area contributed by atoms with Crippen molar-refractivity contribution < 1.29 is 9.53 Å². The first-order valence-electron chi connectivity index (χ1n) is 4.66. The topological polar surface area (TPSA) is 50.4 Å². The Hall–Kier alpha value is -1.49. The number of amides is 1. The van der Waals surface area contributed by atoms with Crippen LogP contribution in [0, 0.1) is 0 Å². The van der Waals surface area contributed by atoms with Crippen LogP contribution in [0.5, 0.6) is 5.75 Å². The highest BCUT2D eigenvalue weighted by Gasteiger charge is 2.01. The molecule has 1 aromatic carbocycles. The van der Waals surface area contributed by atoms with E-state index in [1.54, 1.807) is 19.1 Å². The van der Waals surface area contributed by atoms with Crippen LogP contribution in [0.15, 0.2) is 41.0 Å². The van der Waals surface area contributed by atoms with E-state index >= 15 is 0 Å². The molecule has 0 unspecified atom stereocenters. The van der Waals surface area contributed by atoms with Gasteiger partial charge in [-0.3, -0.25) is 10.2 Å². The summed E-state index contributed by atoms with van der Waals surface area (Å²) in [6.45, 7) is 5.29. The minimum Gasteiger partial charge on any atom is -0.484 e. The highest BCUT2D eigenvalue weighted by Crippen LogP contribution is 2.15. The Morgan fingerprint density at radius 2 is 2.00 bits per heavy atom. The van der Waals surface area contributed by atoms with Crippen LogP contribution in [-0.2, 0) is 4.79 Å². The molecule has 1 aromatic rings. The molecule has 0 bridgehead atoms. The van der Waals surface area contributed by atoms with Crippen molar-refractivity contribution in [2.75, 3.05) is 6.61 Å². The number of nitrogens with one attached hydrogen (secondary N) is 2. The number of allylic oxidation sites excluding steroid dienone is 1. The molecule has 86 valence electrons. The molecule has 2 N–H and O–H groups in total. The molecular weight excluding hydrogens is 272 g/mol. The first-order chi connectivity index (χ1) is 7.58. The maximum atomic E-state index is 11.2. The fourth-order valence-electron chi connectivity index (χ4n) is 0.892. The maximum Gasteiger partial charge on any atom is 0.276 e. The summed E-state index contributed by atoms with van der Waals surface area (Å²) in [4.78, 5) is 11.2. The van der Waals surface area contributed by atoms with Crippen LogP contribution in [0.1, 0.15) is 6.92 Å². The zero-order chi connectivity index (χ0) is 12.0. The van der Waals surface area contributed by atoms with E-state index in [-0.39, 0.29) is 12.5 Å². The van der Waals surface area contributed by atoms with Gasteiger partial charge in [0, 0.05) is 10.2 Å². The van der Waals surface area contributed by atoms with E-state index in [4.69, 9.17) is 4.74 Å². The standard InChI is InChI=1S/C11H13BrN2O2/c1-8(2)13-14-11(15)7-16-10-5-3-9(12)4-6-10/h3-6,13H,1,7H2,2H3,(H,14,15). The smallest absolute Gasteiger partial charge is 0.276 e. The molecule has 0 aliphatic carbocycles. The van der Waals surface area contributed by atoms with Gasteiger partial charge in [-0.25, -0.2) is 0 Å². The Bertz CT molecular complexity index is 376. The lowest BCUT2D eigenvalue weighted by molar-refractivity contribution is -0.123. The highest BCUT2D eigenvalue weighted by atomic mass is 79.9. The lowest BCUT2D eigenvalue weighted by atomic mass is 10.3. The fourth-order valence-corrected chi connectivity index (χ4v) is 1.16. The second-order valence-electron chi connectivity index (χ2n) is 3.20. The second-order valence-corrected chi connectivity index (χ2v) is 4.11. The number of hydrazine groups is 1. The van der Waals surface area contributed by atoms with Gasteiger partial charge in [0.1, 0.15) is 5.75 Å². The Labute approximate surface area is 103 Å². The van der Waals surface area contributed by atoms with E-state index in [9.17, 15) is 4.79 Å². The fraction of sp³-hybridized carbons (Fsp3) is 0.182. The zero-order valence-electron chi connectivity index (χ0n) is 8.92. The van der Waals surface area contributed by atoms with Gasteiger partial charge < -0.3 is 10.2 Å². The number of hydrogen-bond donors (Lipinski definition) is 2. The molecule has 0 fully saturated rings. The molecule has 0 saturated carbocycles. The van der Waals surface area contributed by atoms with Crippen molar-refractivity contribution >= 4 is 21.8 Å². The number of rotatable bonds is 5. The predicted molar refractivity (Wildman–Crippen MR) is 65.7 cm³/mol. The van der Waals surface area contributed by atoms with Crippen molar-refractivity contribution in [2.24, 2.45) is 0 Å². The average molecular weight is 285 g/mol. The SMILES string of the molecule is C=C(C)NNC(=O)COc1ccc(Br)cc1. The summed E-state index contributed by atoms with van der Waals surface area (Å²) < 4.78 is 6.22. The minimum atomic E-state index is -0.258. The van der Waals surface area contributed by atoms with Crippen molar-refractivity contribution in [1.82, 2.24) is 10.9 Å². The molecule has 0 atom stereocenters. The van der Waals surface area contributed by atoms with E-state index in [0.717, 1.165) is 4.47 Å².